The van der Waals surface area contributed by atoms with Crippen LogP contribution in [0.1, 0.15) is 18.6 Å². The minimum atomic E-state index is -0.471. The number of nitrogens with zero attached hydrogens (tertiary/aromatic N) is 3. The second-order valence-corrected chi connectivity index (χ2v) is 8.43. The molecule has 2 amide bonds. The Morgan fingerprint density at radius 3 is 2.37 bits per heavy atom. The van der Waals surface area contributed by atoms with E-state index in [2.05, 4.69) is 17.3 Å². The fourth-order valence-corrected chi connectivity index (χ4v) is 5.70. The first-order valence-corrected chi connectivity index (χ1v) is 9.95. The van der Waals surface area contributed by atoms with Crippen LogP contribution in [0.2, 0.25) is 0 Å². The van der Waals surface area contributed by atoms with Gasteiger partial charge in [-0.15, -0.1) is 0 Å². The number of allylic oxidation sites excluding steroid dienone is 2. The van der Waals surface area contributed by atoms with Crippen molar-refractivity contribution in [2.45, 2.75) is 12.8 Å². The molecular formula is C22H17N3O5. The van der Waals surface area contributed by atoms with Crippen LogP contribution in [0.4, 0.5) is 5.69 Å². The SMILES string of the molecule is O=C1[C@H]2[C@H](C(=O)N1/N=C\c1ccc(-c3ccccc3[N+](=O)[O-])o1)[C@H]1C=C[C@H]2C12CC2. The predicted octanol–water partition coefficient (Wildman–Crippen LogP) is 3.39. The Morgan fingerprint density at radius 2 is 1.73 bits per heavy atom. The topological polar surface area (TPSA) is 106 Å². The number of amides is 2. The lowest BCUT2D eigenvalue weighted by Crippen LogP contribution is -2.30. The molecule has 2 heterocycles. The summed E-state index contributed by atoms with van der Waals surface area (Å²) in [7, 11) is 0. The highest BCUT2D eigenvalue weighted by Crippen LogP contribution is 2.73. The van der Waals surface area contributed by atoms with Gasteiger partial charge in [0.15, 0.2) is 0 Å². The number of hydrogen-bond acceptors (Lipinski definition) is 6. The molecule has 150 valence electrons. The number of nitro groups is 1. The zero-order chi connectivity index (χ0) is 20.6. The van der Waals surface area contributed by atoms with Gasteiger partial charge >= 0.3 is 0 Å². The molecule has 6 rings (SSSR count). The summed E-state index contributed by atoms with van der Waals surface area (Å²) in [5.41, 5.74) is 0.434. The normalized spacial score (nSPS) is 30.1. The summed E-state index contributed by atoms with van der Waals surface area (Å²) in [6.07, 6.45) is 7.73. The molecule has 2 saturated carbocycles. The number of rotatable bonds is 4. The average molecular weight is 403 g/mol. The van der Waals surface area contributed by atoms with E-state index in [1.807, 2.05) is 0 Å². The highest BCUT2D eigenvalue weighted by Gasteiger charge is 2.73. The van der Waals surface area contributed by atoms with Crippen molar-refractivity contribution in [3.63, 3.8) is 0 Å². The lowest BCUT2D eigenvalue weighted by Gasteiger charge is -2.18. The second kappa shape index (κ2) is 5.75. The van der Waals surface area contributed by atoms with Gasteiger partial charge in [0, 0.05) is 6.07 Å². The van der Waals surface area contributed by atoms with E-state index >= 15 is 0 Å². The Bertz CT molecular complexity index is 1140. The minimum absolute atomic E-state index is 0.0648. The molecule has 0 unspecified atom stereocenters. The maximum atomic E-state index is 12.9. The third-order valence-corrected chi connectivity index (χ3v) is 7.12. The van der Waals surface area contributed by atoms with Gasteiger partial charge in [0.2, 0.25) is 0 Å². The van der Waals surface area contributed by atoms with Crippen molar-refractivity contribution in [2.75, 3.05) is 0 Å². The zero-order valence-corrected chi connectivity index (χ0v) is 15.8. The smallest absolute Gasteiger partial charge is 0.280 e. The number of nitro benzene ring substituents is 1. The predicted molar refractivity (Wildman–Crippen MR) is 105 cm³/mol. The van der Waals surface area contributed by atoms with Gasteiger partial charge in [0.1, 0.15) is 11.5 Å². The maximum absolute atomic E-state index is 12.9. The summed E-state index contributed by atoms with van der Waals surface area (Å²) in [6, 6.07) is 9.49. The van der Waals surface area contributed by atoms with Crippen molar-refractivity contribution in [2.24, 2.45) is 34.2 Å². The summed E-state index contributed by atoms with van der Waals surface area (Å²) >= 11 is 0. The fraction of sp³-hybridized carbons (Fsp3) is 0.318. The van der Waals surface area contributed by atoms with Gasteiger partial charge in [-0.05, 0) is 48.3 Å². The van der Waals surface area contributed by atoms with E-state index in [0.29, 0.717) is 17.1 Å². The highest BCUT2D eigenvalue weighted by molar-refractivity contribution is 6.07. The molecule has 2 aromatic rings. The molecule has 0 radical (unpaired) electrons. The molecule has 30 heavy (non-hydrogen) atoms. The Balaban J connectivity index is 1.25. The van der Waals surface area contributed by atoms with Crippen molar-refractivity contribution in [1.82, 2.24) is 5.01 Å². The van der Waals surface area contributed by atoms with Crippen LogP contribution in [0.5, 0.6) is 0 Å². The molecule has 8 nitrogen and oxygen atoms in total. The second-order valence-electron chi connectivity index (χ2n) is 8.43. The fourth-order valence-electron chi connectivity index (χ4n) is 5.70. The van der Waals surface area contributed by atoms with Crippen molar-refractivity contribution < 1.29 is 18.9 Å². The number of carbonyl (C=O) groups is 2. The van der Waals surface area contributed by atoms with Gasteiger partial charge < -0.3 is 4.42 Å². The van der Waals surface area contributed by atoms with E-state index in [1.165, 1.54) is 12.3 Å². The molecule has 0 N–H and O–H groups in total. The van der Waals surface area contributed by atoms with E-state index in [9.17, 15) is 19.7 Å². The number of benzene rings is 1. The standard InChI is InChI=1S/C22H17N3O5/c26-20-18-14-6-7-15(22(14)9-10-22)19(18)21(27)24(20)23-11-12-5-8-17(30-12)13-3-1-2-4-16(13)25(28)29/h1-8,11,14-15,18-19H,9-10H2/b23-11-/t14-,15-,18-,19-/m1/s1. The van der Waals surface area contributed by atoms with Gasteiger partial charge in [0.05, 0.1) is 28.5 Å². The first-order valence-electron chi connectivity index (χ1n) is 9.95. The molecule has 2 bridgehead atoms. The number of carbonyl (C=O) groups excluding carboxylic acids is 2. The Kier molecular flexibility index (Phi) is 3.32. The number of para-hydroxylation sites is 1. The maximum Gasteiger partial charge on any atom is 0.280 e. The molecule has 3 aliphatic carbocycles. The van der Waals surface area contributed by atoms with Crippen LogP contribution in [0.15, 0.2) is 58.1 Å². The van der Waals surface area contributed by atoms with E-state index < -0.39 is 4.92 Å². The first kappa shape index (κ1) is 17.3. The van der Waals surface area contributed by atoms with E-state index in [4.69, 9.17) is 4.42 Å². The zero-order valence-electron chi connectivity index (χ0n) is 15.8. The molecule has 4 atom stereocenters. The van der Waals surface area contributed by atoms with Crippen molar-refractivity contribution in [1.29, 1.82) is 0 Å². The lowest BCUT2D eigenvalue weighted by molar-refractivity contribution is -0.384. The first-order chi connectivity index (χ1) is 14.5. The van der Waals surface area contributed by atoms with Crippen LogP contribution in [0.3, 0.4) is 0 Å². The Morgan fingerprint density at radius 1 is 1.07 bits per heavy atom. The molecule has 1 spiro atoms. The molecular weight excluding hydrogens is 386 g/mol. The summed E-state index contributed by atoms with van der Waals surface area (Å²) in [5.74, 6) is -0.156. The molecule has 8 heteroatoms. The van der Waals surface area contributed by atoms with Crippen LogP contribution in [-0.2, 0) is 9.59 Å². The number of imide groups is 1. The lowest BCUT2D eigenvalue weighted by atomic mass is 9.85. The summed E-state index contributed by atoms with van der Waals surface area (Å²) in [4.78, 5) is 36.6. The van der Waals surface area contributed by atoms with Crippen LogP contribution >= 0.6 is 0 Å². The van der Waals surface area contributed by atoms with Crippen LogP contribution < -0.4 is 0 Å². The van der Waals surface area contributed by atoms with E-state index in [1.54, 1.807) is 30.3 Å². The largest absolute Gasteiger partial charge is 0.455 e. The van der Waals surface area contributed by atoms with Crippen molar-refractivity contribution in [3.8, 4) is 11.3 Å². The van der Waals surface area contributed by atoms with Gasteiger partial charge in [0.25, 0.3) is 17.5 Å². The quantitative estimate of drug-likeness (QED) is 0.256. The molecule has 3 fully saturated rings. The van der Waals surface area contributed by atoms with Crippen LogP contribution in [0, 0.1) is 39.2 Å². The number of hydrazone groups is 1. The molecule has 1 aromatic heterocycles. The molecule has 1 saturated heterocycles. The number of furan rings is 1. The van der Waals surface area contributed by atoms with Gasteiger partial charge in [-0.2, -0.15) is 10.1 Å². The van der Waals surface area contributed by atoms with Gasteiger partial charge in [-0.1, -0.05) is 24.3 Å². The highest BCUT2D eigenvalue weighted by atomic mass is 16.6. The van der Waals surface area contributed by atoms with Crippen LogP contribution in [-0.4, -0.2) is 28.0 Å². The summed E-state index contributed by atoms with van der Waals surface area (Å²) in [5, 5.41) is 16.3. The van der Waals surface area contributed by atoms with E-state index in [0.717, 1.165) is 17.9 Å². The van der Waals surface area contributed by atoms with E-state index in [-0.39, 0.29) is 46.6 Å². The minimum Gasteiger partial charge on any atom is -0.455 e. The summed E-state index contributed by atoms with van der Waals surface area (Å²) < 4.78 is 5.67. The van der Waals surface area contributed by atoms with Crippen molar-refractivity contribution in [3.05, 3.63) is 64.4 Å². The average Bonchev–Trinajstić information content (AvgIpc) is 3.03. The third kappa shape index (κ3) is 2.13. The van der Waals surface area contributed by atoms with Gasteiger partial charge in [-0.3, -0.25) is 19.7 Å². The van der Waals surface area contributed by atoms with Gasteiger partial charge in [-0.25, -0.2) is 0 Å². The molecule has 1 aromatic carbocycles. The molecule has 1 aliphatic heterocycles. The van der Waals surface area contributed by atoms with Crippen molar-refractivity contribution >= 4 is 23.7 Å². The Hall–Kier alpha value is -3.55. The third-order valence-electron chi connectivity index (χ3n) is 7.12. The number of hydrogen-bond donors (Lipinski definition) is 0. The van der Waals surface area contributed by atoms with Crippen LogP contribution in [0.25, 0.3) is 11.3 Å². The number of fused-ring (bicyclic) bond motifs is 3. The summed E-state index contributed by atoms with van der Waals surface area (Å²) in [6.45, 7) is 0. The monoisotopic (exact) mass is 403 g/mol. The molecule has 4 aliphatic rings. The Labute approximate surface area is 171 Å².